The van der Waals surface area contributed by atoms with Gasteiger partial charge in [0.25, 0.3) is 0 Å². The molecule has 0 aliphatic heterocycles. The van der Waals surface area contributed by atoms with Gasteiger partial charge >= 0.3 is 11.3 Å². The molecule has 0 N–H and O–H groups in total. The molecule has 0 saturated carbocycles. The van der Waals surface area contributed by atoms with Crippen molar-refractivity contribution in [3.63, 3.8) is 0 Å². The van der Waals surface area contributed by atoms with Crippen LogP contribution in [0.2, 0.25) is 0 Å². The van der Waals surface area contributed by atoms with E-state index in [-0.39, 0.29) is 10.9 Å². The highest BCUT2D eigenvalue weighted by Crippen LogP contribution is 2.32. The molecule has 1 atom stereocenters. The Morgan fingerprint density at radius 3 is 2.56 bits per heavy atom. The van der Waals surface area contributed by atoms with Crippen LogP contribution in [-0.2, 0) is 17.4 Å². The van der Waals surface area contributed by atoms with Crippen molar-refractivity contribution in [2.75, 3.05) is 6.26 Å². The van der Waals surface area contributed by atoms with Crippen molar-refractivity contribution < 1.29 is 17.7 Å². The van der Waals surface area contributed by atoms with Crippen LogP contribution in [0.25, 0.3) is 10.6 Å². The van der Waals surface area contributed by atoms with E-state index in [1.54, 1.807) is 17.5 Å². The molecule has 0 aromatic carbocycles. The molecule has 18 heavy (non-hydrogen) atoms. The Balaban J connectivity index is 2.57. The fourth-order valence-corrected chi connectivity index (χ4v) is 2.39. The van der Waals surface area contributed by atoms with Gasteiger partial charge in [-0.3, -0.25) is 0 Å². The number of alkyl halides is 3. The summed E-state index contributed by atoms with van der Waals surface area (Å²) in [5.74, 6) is 0. The summed E-state index contributed by atoms with van der Waals surface area (Å²) >= 11 is -0.404. The normalized spacial score (nSPS) is 13.6. The van der Waals surface area contributed by atoms with E-state index in [1.807, 2.05) is 0 Å². The Kier molecular flexibility index (Phi) is 3.60. The molecule has 2 aromatic heterocycles. The second-order valence-electron chi connectivity index (χ2n) is 3.35. The zero-order chi connectivity index (χ0) is 13.3. The maximum atomic E-state index is 12.7. The number of aromatic nitrogens is 2. The predicted octanol–water partition coefficient (Wildman–Crippen LogP) is 2.96. The third-order valence-electron chi connectivity index (χ3n) is 2.03. The zero-order valence-corrected chi connectivity index (χ0v) is 10.7. The molecule has 2 heterocycles. The Bertz CT molecular complexity index is 541. The van der Waals surface area contributed by atoms with Gasteiger partial charge in [-0.05, 0) is 17.5 Å². The van der Waals surface area contributed by atoms with Crippen LogP contribution in [0.1, 0.15) is 5.69 Å². The van der Waals surface area contributed by atoms with Crippen LogP contribution >= 0.6 is 11.3 Å². The Morgan fingerprint density at radius 1 is 1.33 bits per heavy atom. The first-order valence-electron chi connectivity index (χ1n) is 4.71. The van der Waals surface area contributed by atoms with Gasteiger partial charge in [-0.1, -0.05) is 6.07 Å². The molecule has 0 aliphatic rings. The van der Waals surface area contributed by atoms with Crippen molar-refractivity contribution in [1.82, 2.24) is 9.97 Å². The van der Waals surface area contributed by atoms with Crippen LogP contribution in [0.5, 0.6) is 0 Å². The maximum absolute atomic E-state index is 12.7. The summed E-state index contributed by atoms with van der Waals surface area (Å²) in [6.07, 6.45) is -3.34. The molecule has 0 spiro atoms. The minimum absolute atomic E-state index is 0.137. The van der Waals surface area contributed by atoms with Gasteiger partial charge in [0.1, 0.15) is 6.26 Å². The van der Waals surface area contributed by atoms with E-state index in [4.69, 9.17) is 0 Å². The molecular weight excluding hydrogens is 285 g/mol. The van der Waals surface area contributed by atoms with E-state index in [2.05, 4.69) is 9.97 Å². The standard InChI is InChI=1S/C10H7F3N2OS2/c1-18(16)9-14-6(7-3-2-4-17-7)5-8(15-9)10(11,12)13/h2-5H,1H3. The SMILES string of the molecule is C[S+]([O-])c1nc(-c2cccs2)cc(C(F)(F)F)n1. The number of nitrogens with zero attached hydrogens (tertiary/aromatic N) is 2. The minimum Gasteiger partial charge on any atom is -0.609 e. The molecule has 8 heteroatoms. The van der Waals surface area contributed by atoms with Gasteiger partial charge in [-0.15, -0.1) is 11.3 Å². The average Bonchev–Trinajstić information content (AvgIpc) is 2.80. The van der Waals surface area contributed by atoms with Crippen LogP contribution in [0, 0.1) is 0 Å². The number of hydrogen-bond acceptors (Lipinski definition) is 4. The van der Waals surface area contributed by atoms with E-state index in [1.165, 1.54) is 17.6 Å². The lowest BCUT2D eigenvalue weighted by Crippen LogP contribution is -2.14. The van der Waals surface area contributed by atoms with Crippen LogP contribution in [-0.4, -0.2) is 20.8 Å². The second-order valence-corrected chi connectivity index (χ2v) is 5.57. The van der Waals surface area contributed by atoms with E-state index in [0.29, 0.717) is 4.88 Å². The number of rotatable bonds is 2. The Morgan fingerprint density at radius 2 is 2.06 bits per heavy atom. The molecule has 0 bridgehead atoms. The monoisotopic (exact) mass is 292 g/mol. The molecule has 0 saturated heterocycles. The van der Waals surface area contributed by atoms with Crippen molar-refractivity contribution in [2.45, 2.75) is 11.3 Å². The van der Waals surface area contributed by atoms with Gasteiger partial charge in [0, 0.05) is 11.2 Å². The van der Waals surface area contributed by atoms with E-state index in [0.717, 1.165) is 6.07 Å². The number of hydrogen-bond donors (Lipinski definition) is 0. The van der Waals surface area contributed by atoms with Crippen molar-refractivity contribution >= 4 is 22.5 Å². The lowest BCUT2D eigenvalue weighted by Gasteiger charge is -2.09. The molecule has 2 aromatic rings. The Labute approximate surface area is 108 Å². The molecule has 0 amide bonds. The van der Waals surface area contributed by atoms with E-state index < -0.39 is 23.0 Å². The van der Waals surface area contributed by atoms with Gasteiger partial charge in [-0.2, -0.15) is 23.1 Å². The minimum atomic E-state index is -4.58. The maximum Gasteiger partial charge on any atom is 0.433 e. The topological polar surface area (TPSA) is 48.8 Å². The molecule has 0 aliphatic carbocycles. The lowest BCUT2D eigenvalue weighted by atomic mass is 10.3. The summed E-state index contributed by atoms with van der Waals surface area (Å²) in [6, 6.07) is 4.22. The zero-order valence-electron chi connectivity index (χ0n) is 9.06. The van der Waals surface area contributed by atoms with E-state index >= 15 is 0 Å². The quantitative estimate of drug-likeness (QED) is 0.631. The van der Waals surface area contributed by atoms with Crippen LogP contribution < -0.4 is 0 Å². The smallest absolute Gasteiger partial charge is 0.433 e. The molecule has 0 radical (unpaired) electrons. The molecule has 1 unspecified atom stereocenters. The van der Waals surface area contributed by atoms with Crippen molar-refractivity contribution in [3.8, 4) is 10.6 Å². The lowest BCUT2D eigenvalue weighted by molar-refractivity contribution is -0.141. The van der Waals surface area contributed by atoms with Gasteiger partial charge < -0.3 is 4.55 Å². The third kappa shape index (κ3) is 2.82. The first kappa shape index (κ1) is 13.3. The summed E-state index contributed by atoms with van der Waals surface area (Å²) in [5, 5.41) is 1.42. The molecule has 0 fully saturated rings. The molecule has 96 valence electrons. The Hall–Kier alpha value is -1.12. The van der Waals surface area contributed by atoms with Gasteiger partial charge in [0.2, 0.25) is 0 Å². The van der Waals surface area contributed by atoms with Crippen molar-refractivity contribution in [3.05, 3.63) is 29.3 Å². The van der Waals surface area contributed by atoms with Crippen molar-refractivity contribution in [1.29, 1.82) is 0 Å². The van der Waals surface area contributed by atoms with Crippen LogP contribution in [0.4, 0.5) is 13.2 Å². The van der Waals surface area contributed by atoms with Gasteiger partial charge in [0.05, 0.1) is 10.6 Å². The van der Waals surface area contributed by atoms with Crippen molar-refractivity contribution in [2.24, 2.45) is 0 Å². The number of halogens is 3. The highest BCUT2D eigenvalue weighted by Gasteiger charge is 2.35. The summed E-state index contributed by atoms with van der Waals surface area (Å²) < 4.78 is 49.3. The second kappa shape index (κ2) is 4.87. The highest BCUT2D eigenvalue weighted by molar-refractivity contribution is 7.90. The summed E-state index contributed by atoms with van der Waals surface area (Å²) in [7, 11) is 0. The largest absolute Gasteiger partial charge is 0.609 e. The van der Waals surface area contributed by atoms with Crippen LogP contribution in [0.15, 0.2) is 28.7 Å². The van der Waals surface area contributed by atoms with Gasteiger partial charge in [0.15, 0.2) is 5.69 Å². The third-order valence-corrected chi connectivity index (χ3v) is 3.62. The molecule has 2 rings (SSSR count). The van der Waals surface area contributed by atoms with Crippen LogP contribution in [0.3, 0.4) is 0 Å². The molecular formula is C10H7F3N2OS2. The predicted molar refractivity (Wildman–Crippen MR) is 62.7 cm³/mol. The highest BCUT2D eigenvalue weighted by atomic mass is 32.2. The summed E-state index contributed by atoms with van der Waals surface area (Å²) in [6.45, 7) is 0. The molecule has 3 nitrogen and oxygen atoms in total. The number of thiophene rings is 1. The fraction of sp³-hybridized carbons (Fsp3) is 0.200. The van der Waals surface area contributed by atoms with Gasteiger partial charge in [-0.25, -0.2) is 0 Å². The summed E-state index contributed by atoms with van der Waals surface area (Å²) in [5.41, 5.74) is -0.941. The van der Waals surface area contributed by atoms with E-state index in [9.17, 15) is 17.7 Å². The fourth-order valence-electron chi connectivity index (χ4n) is 1.25. The first-order chi connectivity index (χ1) is 8.38. The average molecular weight is 292 g/mol. The summed E-state index contributed by atoms with van der Waals surface area (Å²) in [4.78, 5) is 7.75. The first-order valence-corrected chi connectivity index (χ1v) is 7.15.